The lowest BCUT2D eigenvalue weighted by molar-refractivity contribution is 0.0278. The SMILES string of the molecule is Nc1ccccc1C(O)COCc1ccccc1Br. The quantitative estimate of drug-likeness (QED) is 0.831. The minimum atomic E-state index is -0.705. The Morgan fingerprint density at radius 3 is 2.53 bits per heavy atom. The van der Waals surface area contributed by atoms with E-state index in [9.17, 15) is 5.11 Å². The summed E-state index contributed by atoms with van der Waals surface area (Å²) in [6.07, 6.45) is -0.705. The molecule has 0 bridgehead atoms. The van der Waals surface area contributed by atoms with Crippen molar-refractivity contribution in [3.8, 4) is 0 Å². The van der Waals surface area contributed by atoms with Crippen LogP contribution < -0.4 is 5.73 Å². The van der Waals surface area contributed by atoms with Crippen LogP contribution in [0.5, 0.6) is 0 Å². The van der Waals surface area contributed by atoms with Crippen molar-refractivity contribution in [2.75, 3.05) is 12.3 Å². The molecule has 0 amide bonds. The van der Waals surface area contributed by atoms with Crippen molar-refractivity contribution in [2.45, 2.75) is 12.7 Å². The Morgan fingerprint density at radius 1 is 1.11 bits per heavy atom. The third kappa shape index (κ3) is 3.80. The predicted molar refractivity (Wildman–Crippen MR) is 79.6 cm³/mol. The van der Waals surface area contributed by atoms with E-state index in [1.165, 1.54) is 0 Å². The Hall–Kier alpha value is -1.36. The number of ether oxygens (including phenoxy) is 1. The minimum Gasteiger partial charge on any atom is -0.398 e. The van der Waals surface area contributed by atoms with Crippen LogP contribution in [0, 0.1) is 0 Å². The molecule has 0 aliphatic heterocycles. The first-order valence-corrected chi connectivity index (χ1v) is 6.81. The summed E-state index contributed by atoms with van der Waals surface area (Å²) in [5, 5.41) is 10.0. The number of aliphatic hydroxyl groups is 1. The van der Waals surface area contributed by atoms with Gasteiger partial charge in [-0.3, -0.25) is 0 Å². The molecule has 0 aromatic heterocycles. The van der Waals surface area contributed by atoms with Crippen molar-refractivity contribution in [3.63, 3.8) is 0 Å². The molecule has 2 aromatic carbocycles. The molecule has 3 N–H and O–H groups in total. The van der Waals surface area contributed by atoms with Crippen molar-refractivity contribution in [2.24, 2.45) is 0 Å². The van der Waals surface area contributed by atoms with Gasteiger partial charge in [-0.25, -0.2) is 0 Å². The molecule has 0 fully saturated rings. The lowest BCUT2D eigenvalue weighted by Crippen LogP contribution is -2.09. The van der Waals surface area contributed by atoms with E-state index in [1.807, 2.05) is 42.5 Å². The molecule has 1 atom stereocenters. The van der Waals surface area contributed by atoms with Gasteiger partial charge < -0.3 is 15.6 Å². The van der Waals surface area contributed by atoms with E-state index in [1.54, 1.807) is 6.07 Å². The lowest BCUT2D eigenvalue weighted by Gasteiger charge is -2.14. The molecule has 0 radical (unpaired) electrons. The summed E-state index contributed by atoms with van der Waals surface area (Å²) in [5.74, 6) is 0. The molecule has 100 valence electrons. The summed E-state index contributed by atoms with van der Waals surface area (Å²) in [5.41, 5.74) is 8.14. The standard InChI is InChI=1S/C15H16BrNO2/c16-13-7-3-1-5-11(13)9-19-10-15(18)12-6-2-4-8-14(12)17/h1-8,15,18H,9-10,17H2. The van der Waals surface area contributed by atoms with Gasteiger partial charge in [-0.2, -0.15) is 0 Å². The number of benzene rings is 2. The first kappa shape index (κ1) is 14.1. The fourth-order valence-corrected chi connectivity index (χ4v) is 2.20. The summed E-state index contributed by atoms with van der Waals surface area (Å²) in [6, 6.07) is 15.1. The first-order chi connectivity index (χ1) is 9.18. The first-order valence-electron chi connectivity index (χ1n) is 6.02. The monoisotopic (exact) mass is 321 g/mol. The van der Waals surface area contributed by atoms with Gasteiger partial charge in [0.25, 0.3) is 0 Å². The average molecular weight is 322 g/mol. The molecule has 4 heteroatoms. The minimum absolute atomic E-state index is 0.218. The van der Waals surface area contributed by atoms with Crippen LogP contribution in [0.15, 0.2) is 53.0 Å². The van der Waals surface area contributed by atoms with Gasteiger partial charge in [0.15, 0.2) is 0 Å². The smallest absolute Gasteiger partial charge is 0.104 e. The van der Waals surface area contributed by atoms with Crippen LogP contribution >= 0.6 is 15.9 Å². The molecular weight excluding hydrogens is 306 g/mol. The van der Waals surface area contributed by atoms with Crippen LogP contribution in [0.3, 0.4) is 0 Å². The number of anilines is 1. The van der Waals surface area contributed by atoms with E-state index in [4.69, 9.17) is 10.5 Å². The van der Waals surface area contributed by atoms with E-state index in [0.717, 1.165) is 10.0 Å². The van der Waals surface area contributed by atoms with Gasteiger partial charge in [0.05, 0.1) is 13.2 Å². The topological polar surface area (TPSA) is 55.5 Å². The van der Waals surface area contributed by atoms with Crippen LogP contribution in [0.1, 0.15) is 17.2 Å². The van der Waals surface area contributed by atoms with Gasteiger partial charge in [0, 0.05) is 15.7 Å². The number of nitrogen functional groups attached to an aromatic ring is 1. The average Bonchev–Trinajstić information content (AvgIpc) is 2.41. The van der Waals surface area contributed by atoms with Crippen LogP contribution in [0.2, 0.25) is 0 Å². The van der Waals surface area contributed by atoms with E-state index >= 15 is 0 Å². The van der Waals surface area contributed by atoms with Crippen LogP contribution in [0.4, 0.5) is 5.69 Å². The van der Waals surface area contributed by atoms with Gasteiger partial charge in [0.1, 0.15) is 6.10 Å². The normalized spacial score (nSPS) is 12.3. The maximum absolute atomic E-state index is 10.0. The van der Waals surface area contributed by atoms with Crippen LogP contribution in [0.25, 0.3) is 0 Å². The molecule has 0 heterocycles. The summed E-state index contributed by atoms with van der Waals surface area (Å²) < 4.78 is 6.54. The van der Waals surface area contributed by atoms with E-state index in [-0.39, 0.29) is 6.61 Å². The number of hydrogen-bond acceptors (Lipinski definition) is 3. The molecule has 3 nitrogen and oxygen atoms in total. The van der Waals surface area contributed by atoms with Gasteiger partial charge >= 0.3 is 0 Å². The summed E-state index contributed by atoms with van der Waals surface area (Å²) in [6.45, 7) is 0.667. The van der Waals surface area contributed by atoms with Crippen molar-refractivity contribution < 1.29 is 9.84 Å². The highest BCUT2D eigenvalue weighted by Gasteiger charge is 2.10. The number of hydrogen-bond donors (Lipinski definition) is 2. The van der Waals surface area contributed by atoms with Crippen LogP contribution in [-0.2, 0) is 11.3 Å². The fraction of sp³-hybridized carbons (Fsp3) is 0.200. The maximum Gasteiger partial charge on any atom is 0.104 e. The van der Waals surface area contributed by atoms with Gasteiger partial charge in [-0.1, -0.05) is 52.3 Å². The summed E-state index contributed by atoms with van der Waals surface area (Å²) in [4.78, 5) is 0. The fourth-order valence-electron chi connectivity index (χ4n) is 1.80. The Labute approximate surface area is 121 Å². The second-order valence-corrected chi connectivity index (χ2v) is 5.11. The molecule has 19 heavy (non-hydrogen) atoms. The Kier molecular flexibility index (Phi) is 4.96. The molecule has 0 aliphatic rings. The maximum atomic E-state index is 10.0. The Bertz CT molecular complexity index is 545. The van der Waals surface area contributed by atoms with E-state index in [0.29, 0.717) is 17.9 Å². The number of halogens is 1. The number of aliphatic hydroxyl groups excluding tert-OH is 1. The number of para-hydroxylation sites is 1. The van der Waals surface area contributed by atoms with Gasteiger partial charge in [-0.15, -0.1) is 0 Å². The third-order valence-corrected chi connectivity index (χ3v) is 3.62. The zero-order valence-electron chi connectivity index (χ0n) is 10.4. The van der Waals surface area contributed by atoms with Crippen LogP contribution in [-0.4, -0.2) is 11.7 Å². The molecule has 2 rings (SSSR count). The highest BCUT2D eigenvalue weighted by atomic mass is 79.9. The molecule has 2 aromatic rings. The second kappa shape index (κ2) is 6.70. The lowest BCUT2D eigenvalue weighted by atomic mass is 10.1. The Balaban J connectivity index is 1.90. The molecule has 0 saturated heterocycles. The van der Waals surface area contributed by atoms with Gasteiger partial charge in [0.2, 0.25) is 0 Å². The molecule has 0 spiro atoms. The van der Waals surface area contributed by atoms with E-state index in [2.05, 4.69) is 15.9 Å². The highest BCUT2D eigenvalue weighted by Crippen LogP contribution is 2.21. The largest absolute Gasteiger partial charge is 0.398 e. The number of nitrogens with two attached hydrogens (primary N) is 1. The zero-order chi connectivity index (χ0) is 13.7. The van der Waals surface area contributed by atoms with Gasteiger partial charge in [-0.05, 0) is 17.7 Å². The number of rotatable bonds is 5. The molecule has 0 aliphatic carbocycles. The van der Waals surface area contributed by atoms with Crippen molar-refractivity contribution >= 4 is 21.6 Å². The summed E-state index contributed by atoms with van der Waals surface area (Å²) in [7, 11) is 0. The summed E-state index contributed by atoms with van der Waals surface area (Å²) >= 11 is 3.46. The third-order valence-electron chi connectivity index (χ3n) is 2.85. The van der Waals surface area contributed by atoms with Crippen molar-refractivity contribution in [3.05, 3.63) is 64.1 Å². The zero-order valence-corrected chi connectivity index (χ0v) is 12.0. The molecule has 0 saturated carbocycles. The van der Waals surface area contributed by atoms with Crippen molar-refractivity contribution in [1.29, 1.82) is 0 Å². The highest BCUT2D eigenvalue weighted by molar-refractivity contribution is 9.10. The predicted octanol–water partition coefficient (Wildman–Crippen LogP) is 3.28. The van der Waals surface area contributed by atoms with E-state index < -0.39 is 6.10 Å². The molecular formula is C15H16BrNO2. The Morgan fingerprint density at radius 2 is 1.79 bits per heavy atom. The van der Waals surface area contributed by atoms with Crippen molar-refractivity contribution in [1.82, 2.24) is 0 Å². The second-order valence-electron chi connectivity index (χ2n) is 4.25. The molecule has 1 unspecified atom stereocenters.